The molecule has 250 valence electrons. The molecule has 0 aromatic carbocycles. The van der Waals surface area contributed by atoms with Gasteiger partial charge in [0.25, 0.3) is 0 Å². The van der Waals surface area contributed by atoms with E-state index in [1.807, 2.05) is 39.8 Å². The van der Waals surface area contributed by atoms with Crippen molar-refractivity contribution in [3.63, 3.8) is 0 Å². The summed E-state index contributed by atoms with van der Waals surface area (Å²) in [5.74, 6) is -1.70. The monoisotopic (exact) mass is 622 g/mol. The van der Waals surface area contributed by atoms with Gasteiger partial charge in [0.15, 0.2) is 0 Å². The van der Waals surface area contributed by atoms with Crippen LogP contribution in [0.3, 0.4) is 0 Å². The SMILES string of the molecule is CCOCC(=O)OC1CCC(C)(O)C(OC(C)=O)/C=C/C(C)C(/C(C)=C/C=C/C(C)CC2OC2C(C)C(O)CC)OC(=O)C1. The molecule has 0 aromatic rings. The molecule has 0 aromatic heterocycles. The van der Waals surface area contributed by atoms with Gasteiger partial charge in [0, 0.05) is 25.4 Å². The van der Waals surface area contributed by atoms with E-state index in [0.717, 1.165) is 12.0 Å². The van der Waals surface area contributed by atoms with Gasteiger partial charge in [-0.2, -0.15) is 0 Å². The zero-order valence-electron chi connectivity index (χ0n) is 27.7. The lowest BCUT2D eigenvalue weighted by atomic mass is 9.88. The quantitative estimate of drug-likeness (QED) is 0.0984. The number of carbonyl (C=O) groups excluding carboxylic acids is 3. The maximum atomic E-state index is 13.1. The Kier molecular flexibility index (Phi) is 15.3. The van der Waals surface area contributed by atoms with Gasteiger partial charge < -0.3 is 33.9 Å². The minimum absolute atomic E-state index is 0.0835. The molecule has 10 heteroatoms. The van der Waals surface area contributed by atoms with Gasteiger partial charge in [-0.25, -0.2) is 4.79 Å². The normalized spacial score (nSPS) is 32.9. The summed E-state index contributed by atoms with van der Waals surface area (Å²) in [5.41, 5.74) is -0.692. The molecule has 2 rings (SSSR count). The van der Waals surface area contributed by atoms with E-state index < -0.39 is 41.8 Å². The van der Waals surface area contributed by atoms with Crippen LogP contribution in [-0.4, -0.2) is 83.6 Å². The van der Waals surface area contributed by atoms with Crippen LogP contribution in [0.2, 0.25) is 0 Å². The summed E-state index contributed by atoms with van der Waals surface area (Å²) >= 11 is 0. The second kappa shape index (κ2) is 17.8. The first-order valence-electron chi connectivity index (χ1n) is 15.9. The van der Waals surface area contributed by atoms with Crippen molar-refractivity contribution in [2.24, 2.45) is 17.8 Å². The van der Waals surface area contributed by atoms with Crippen LogP contribution in [0.1, 0.15) is 87.5 Å². The van der Waals surface area contributed by atoms with E-state index in [0.29, 0.717) is 13.0 Å². The van der Waals surface area contributed by atoms with Crippen molar-refractivity contribution in [3.8, 4) is 0 Å². The molecule has 2 aliphatic rings. The summed E-state index contributed by atoms with van der Waals surface area (Å²) in [4.78, 5) is 37.3. The molecule has 0 radical (unpaired) electrons. The van der Waals surface area contributed by atoms with Crippen LogP contribution in [0.4, 0.5) is 0 Å². The van der Waals surface area contributed by atoms with Crippen LogP contribution >= 0.6 is 0 Å². The summed E-state index contributed by atoms with van der Waals surface area (Å²) in [6, 6.07) is 0. The van der Waals surface area contributed by atoms with E-state index in [9.17, 15) is 24.6 Å². The Morgan fingerprint density at radius 2 is 1.89 bits per heavy atom. The van der Waals surface area contributed by atoms with Gasteiger partial charge in [-0.15, -0.1) is 0 Å². The van der Waals surface area contributed by atoms with Crippen molar-refractivity contribution in [2.75, 3.05) is 13.2 Å². The van der Waals surface area contributed by atoms with Crippen molar-refractivity contribution >= 4 is 17.9 Å². The third-order valence-corrected chi connectivity index (χ3v) is 8.34. The smallest absolute Gasteiger partial charge is 0.332 e. The lowest BCUT2D eigenvalue weighted by molar-refractivity contribution is -0.163. The zero-order chi connectivity index (χ0) is 33.0. The Hall–Kier alpha value is -2.53. The first kappa shape index (κ1) is 37.7. The van der Waals surface area contributed by atoms with E-state index in [1.165, 1.54) is 6.92 Å². The van der Waals surface area contributed by atoms with E-state index in [4.69, 9.17) is 23.7 Å². The minimum Gasteiger partial charge on any atom is -0.460 e. The predicted octanol–water partition coefficient (Wildman–Crippen LogP) is 4.61. The summed E-state index contributed by atoms with van der Waals surface area (Å²) in [5, 5.41) is 21.4. The Labute approximate surface area is 262 Å². The Morgan fingerprint density at radius 1 is 1.18 bits per heavy atom. The number of hydrogen-bond acceptors (Lipinski definition) is 10. The van der Waals surface area contributed by atoms with Crippen LogP contribution in [0.15, 0.2) is 36.0 Å². The van der Waals surface area contributed by atoms with Crippen LogP contribution in [0.5, 0.6) is 0 Å². The van der Waals surface area contributed by atoms with E-state index in [2.05, 4.69) is 13.0 Å². The van der Waals surface area contributed by atoms with Crippen molar-refractivity contribution in [1.82, 2.24) is 0 Å². The van der Waals surface area contributed by atoms with Crippen molar-refractivity contribution in [3.05, 3.63) is 36.0 Å². The molecule has 0 aliphatic carbocycles. The Morgan fingerprint density at radius 3 is 2.52 bits per heavy atom. The van der Waals surface area contributed by atoms with E-state index in [-0.39, 0.29) is 61.9 Å². The van der Waals surface area contributed by atoms with Crippen molar-refractivity contribution in [1.29, 1.82) is 0 Å². The molecule has 10 atom stereocenters. The number of carbonyl (C=O) groups is 3. The topological polar surface area (TPSA) is 141 Å². The molecule has 0 spiro atoms. The number of rotatable bonds is 13. The fourth-order valence-electron chi connectivity index (χ4n) is 5.46. The molecule has 0 saturated carbocycles. The molecule has 0 bridgehead atoms. The summed E-state index contributed by atoms with van der Waals surface area (Å²) in [6.45, 7) is 14.5. The number of aliphatic hydroxyl groups excluding tert-OH is 1. The van der Waals surface area contributed by atoms with Crippen molar-refractivity contribution < 1.29 is 48.3 Å². The Balaban J connectivity index is 2.22. The fourth-order valence-corrected chi connectivity index (χ4v) is 5.46. The lowest BCUT2D eigenvalue weighted by Crippen LogP contribution is -2.42. The molecule has 2 aliphatic heterocycles. The third-order valence-electron chi connectivity index (χ3n) is 8.34. The van der Waals surface area contributed by atoms with Gasteiger partial charge in [0.1, 0.15) is 30.5 Å². The van der Waals surface area contributed by atoms with Gasteiger partial charge in [-0.1, -0.05) is 52.0 Å². The van der Waals surface area contributed by atoms with Gasteiger partial charge in [0.05, 0.1) is 24.7 Å². The minimum atomic E-state index is -1.48. The van der Waals surface area contributed by atoms with Crippen LogP contribution in [0.25, 0.3) is 0 Å². The fraction of sp³-hybridized carbons (Fsp3) is 0.735. The first-order valence-corrected chi connectivity index (χ1v) is 15.9. The van der Waals surface area contributed by atoms with Crippen LogP contribution in [0, 0.1) is 17.8 Å². The second-order valence-corrected chi connectivity index (χ2v) is 12.5. The van der Waals surface area contributed by atoms with Crippen LogP contribution < -0.4 is 0 Å². The summed E-state index contributed by atoms with van der Waals surface area (Å²) in [6.07, 6.45) is 8.27. The number of esters is 3. The molecule has 44 heavy (non-hydrogen) atoms. The number of aliphatic hydroxyl groups is 2. The third kappa shape index (κ3) is 12.5. The molecule has 1 saturated heterocycles. The first-order chi connectivity index (χ1) is 20.7. The van der Waals surface area contributed by atoms with Gasteiger partial charge in [-0.3, -0.25) is 9.59 Å². The van der Waals surface area contributed by atoms with E-state index in [1.54, 1.807) is 26.0 Å². The standard InChI is InChI=1S/C34H54O10/c1-9-27(36)24(6)33-28(43-33)18-21(3)12-11-13-22(4)32-23(5)14-15-29(41-25(7)35)34(8,39)17-16-26(19-30(37)44-32)42-31(38)20-40-10-2/h11-15,21,23-24,26-29,32-33,36,39H,9-10,16-20H2,1-8H3/b12-11+,15-14+,22-13+. The number of epoxide rings is 1. The lowest BCUT2D eigenvalue weighted by Gasteiger charge is -2.33. The Bertz CT molecular complexity index is 1030. The molecular formula is C34H54O10. The number of cyclic esters (lactones) is 1. The number of ether oxygens (including phenoxy) is 5. The van der Waals surface area contributed by atoms with Gasteiger partial charge in [0.2, 0.25) is 0 Å². The number of hydrogen-bond donors (Lipinski definition) is 2. The average Bonchev–Trinajstić information content (AvgIpc) is 3.72. The molecule has 10 unspecified atom stereocenters. The highest BCUT2D eigenvalue weighted by molar-refractivity contribution is 5.73. The highest BCUT2D eigenvalue weighted by Crippen LogP contribution is 2.36. The maximum absolute atomic E-state index is 13.1. The maximum Gasteiger partial charge on any atom is 0.332 e. The molecule has 10 nitrogen and oxygen atoms in total. The van der Waals surface area contributed by atoms with Crippen LogP contribution in [-0.2, 0) is 38.1 Å². The molecule has 1 fully saturated rings. The van der Waals surface area contributed by atoms with Crippen molar-refractivity contribution in [2.45, 2.75) is 130 Å². The summed E-state index contributed by atoms with van der Waals surface area (Å²) < 4.78 is 27.9. The summed E-state index contributed by atoms with van der Waals surface area (Å²) in [7, 11) is 0. The molecule has 0 amide bonds. The molecule has 2 heterocycles. The van der Waals surface area contributed by atoms with Gasteiger partial charge >= 0.3 is 17.9 Å². The largest absolute Gasteiger partial charge is 0.460 e. The molecular weight excluding hydrogens is 568 g/mol. The highest BCUT2D eigenvalue weighted by atomic mass is 16.6. The predicted molar refractivity (Wildman–Crippen MR) is 165 cm³/mol. The van der Waals surface area contributed by atoms with Gasteiger partial charge in [-0.05, 0) is 64.0 Å². The average molecular weight is 623 g/mol. The molecule has 2 N–H and O–H groups in total. The zero-order valence-corrected chi connectivity index (χ0v) is 27.7. The van der Waals surface area contributed by atoms with E-state index >= 15 is 0 Å². The second-order valence-electron chi connectivity index (χ2n) is 12.5. The number of allylic oxidation sites excluding steroid dienone is 3. The highest BCUT2D eigenvalue weighted by Gasteiger charge is 2.45.